The van der Waals surface area contributed by atoms with Crippen LogP contribution in [-0.2, 0) is 11.3 Å². The number of carbonyl (C=O) groups is 1. The minimum Gasteiger partial charge on any atom is -0.354 e. The molecule has 1 saturated carbocycles. The highest BCUT2D eigenvalue weighted by atomic mass is 16.1. The summed E-state index contributed by atoms with van der Waals surface area (Å²) in [5.74, 6) is 0.860. The first kappa shape index (κ1) is 16.1. The first-order valence-corrected chi connectivity index (χ1v) is 8.38. The monoisotopic (exact) mass is 291 g/mol. The SMILES string of the molecule is CCCNC(CCC)c1ccn(CC(=O)NCC2CC2)c1. The Morgan fingerprint density at radius 1 is 1.38 bits per heavy atom. The highest BCUT2D eigenvalue weighted by molar-refractivity contribution is 5.75. The molecule has 1 amide bonds. The lowest BCUT2D eigenvalue weighted by Gasteiger charge is -2.16. The molecule has 0 aliphatic heterocycles. The van der Waals surface area contributed by atoms with Crippen LogP contribution < -0.4 is 10.6 Å². The molecule has 1 aromatic rings. The summed E-state index contributed by atoms with van der Waals surface area (Å²) in [5, 5.41) is 6.60. The number of aromatic nitrogens is 1. The fraction of sp³-hybridized carbons (Fsp3) is 0.706. The van der Waals surface area contributed by atoms with Gasteiger partial charge in [-0.2, -0.15) is 0 Å². The first-order chi connectivity index (χ1) is 10.2. The van der Waals surface area contributed by atoms with Gasteiger partial charge in [0, 0.05) is 25.0 Å². The normalized spacial score (nSPS) is 15.9. The van der Waals surface area contributed by atoms with Gasteiger partial charge in [0.25, 0.3) is 0 Å². The molecule has 0 aromatic carbocycles. The lowest BCUT2D eigenvalue weighted by Crippen LogP contribution is -2.29. The van der Waals surface area contributed by atoms with Crippen molar-refractivity contribution < 1.29 is 4.79 Å². The summed E-state index contributed by atoms with van der Waals surface area (Å²) >= 11 is 0. The van der Waals surface area contributed by atoms with Gasteiger partial charge in [0.15, 0.2) is 0 Å². The average molecular weight is 291 g/mol. The van der Waals surface area contributed by atoms with Crippen LogP contribution in [0.25, 0.3) is 0 Å². The highest BCUT2D eigenvalue weighted by Crippen LogP contribution is 2.27. The van der Waals surface area contributed by atoms with Gasteiger partial charge in [0.1, 0.15) is 6.54 Å². The fourth-order valence-corrected chi connectivity index (χ4v) is 2.56. The Morgan fingerprint density at radius 2 is 2.19 bits per heavy atom. The molecule has 118 valence electrons. The van der Waals surface area contributed by atoms with Crippen molar-refractivity contribution in [2.45, 2.75) is 58.5 Å². The maximum atomic E-state index is 11.9. The third-order valence-corrected chi connectivity index (χ3v) is 4.00. The molecule has 2 rings (SSSR count). The molecule has 21 heavy (non-hydrogen) atoms. The van der Waals surface area contributed by atoms with Crippen LogP contribution in [0.2, 0.25) is 0 Å². The molecule has 0 spiro atoms. The summed E-state index contributed by atoms with van der Waals surface area (Å²) in [6.07, 6.45) is 10.1. The highest BCUT2D eigenvalue weighted by Gasteiger charge is 2.21. The van der Waals surface area contributed by atoms with Crippen LogP contribution in [0.1, 0.15) is 57.6 Å². The zero-order chi connectivity index (χ0) is 15.1. The van der Waals surface area contributed by atoms with Crippen LogP contribution in [0, 0.1) is 5.92 Å². The topological polar surface area (TPSA) is 46.1 Å². The summed E-state index contributed by atoms with van der Waals surface area (Å²) in [4.78, 5) is 11.9. The van der Waals surface area contributed by atoms with E-state index < -0.39 is 0 Å². The quantitative estimate of drug-likeness (QED) is 0.696. The molecule has 1 unspecified atom stereocenters. The van der Waals surface area contributed by atoms with Gasteiger partial charge in [0.2, 0.25) is 5.91 Å². The van der Waals surface area contributed by atoms with Crippen molar-refractivity contribution in [2.75, 3.05) is 13.1 Å². The molecule has 1 atom stereocenters. The van der Waals surface area contributed by atoms with E-state index in [-0.39, 0.29) is 5.91 Å². The molecule has 1 aromatic heterocycles. The van der Waals surface area contributed by atoms with Crippen molar-refractivity contribution in [1.82, 2.24) is 15.2 Å². The van der Waals surface area contributed by atoms with Gasteiger partial charge < -0.3 is 15.2 Å². The van der Waals surface area contributed by atoms with Crippen molar-refractivity contribution in [3.05, 3.63) is 24.0 Å². The molecule has 4 nitrogen and oxygen atoms in total. The van der Waals surface area contributed by atoms with Crippen molar-refractivity contribution in [1.29, 1.82) is 0 Å². The third-order valence-electron chi connectivity index (χ3n) is 4.00. The van der Waals surface area contributed by atoms with Gasteiger partial charge in [-0.25, -0.2) is 0 Å². The number of rotatable bonds is 10. The molecule has 1 aliphatic rings. The van der Waals surface area contributed by atoms with Crippen molar-refractivity contribution in [3.63, 3.8) is 0 Å². The second kappa shape index (κ2) is 8.23. The Balaban J connectivity index is 1.83. The van der Waals surface area contributed by atoms with E-state index in [1.165, 1.54) is 18.4 Å². The maximum Gasteiger partial charge on any atom is 0.239 e. The van der Waals surface area contributed by atoms with Gasteiger partial charge in [0.05, 0.1) is 0 Å². The van der Waals surface area contributed by atoms with Crippen LogP contribution >= 0.6 is 0 Å². The molecule has 1 fully saturated rings. The van der Waals surface area contributed by atoms with E-state index in [0.29, 0.717) is 12.6 Å². The number of hydrogen-bond acceptors (Lipinski definition) is 2. The number of nitrogens with zero attached hydrogens (tertiary/aromatic N) is 1. The Morgan fingerprint density at radius 3 is 2.86 bits per heavy atom. The van der Waals surface area contributed by atoms with Gasteiger partial charge in [-0.15, -0.1) is 0 Å². The molecular weight excluding hydrogens is 262 g/mol. The summed E-state index contributed by atoms with van der Waals surface area (Å²) in [7, 11) is 0. The molecule has 1 aliphatic carbocycles. The van der Waals surface area contributed by atoms with Gasteiger partial charge in [-0.3, -0.25) is 4.79 Å². The van der Waals surface area contributed by atoms with E-state index >= 15 is 0 Å². The van der Waals surface area contributed by atoms with Gasteiger partial charge in [-0.05, 0) is 49.8 Å². The summed E-state index contributed by atoms with van der Waals surface area (Å²) < 4.78 is 1.99. The standard InChI is InChI=1S/C17H29N3O/c1-3-5-16(18-9-4-2)15-8-10-20(12-15)13-17(21)19-11-14-6-7-14/h8,10,12,14,16,18H,3-7,9,11,13H2,1-2H3,(H,19,21). The van der Waals surface area contributed by atoms with Crippen LogP contribution in [0.3, 0.4) is 0 Å². The minimum absolute atomic E-state index is 0.123. The van der Waals surface area contributed by atoms with Gasteiger partial charge in [-0.1, -0.05) is 20.3 Å². The van der Waals surface area contributed by atoms with Crippen molar-refractivity contribution in [2.24, 2.45) is 5.92 Å². The van der Waals surface area contributed by atoms with Crippen molar-refractivity contribution >= 4 is 5.91 Å². The number of carbonyl (C=O) groups excluding carboxylic acids is 1. The van der Waals surface area contributed by atoms with Crippen LogP contribution in [0.4, 0.5) is 0 Å². The number of nitrogens with one attached hydrogen (secondary N) is 2. The molecule has 0 bridgehead atoms. The summed E-state index contributed by atoms with van der Waals surface area (Å²) in [6.45, 7) is 6.72. The summed E-state index contributed by atoms with van der Waals surface area (Å²) in [6, 6.07) is 2.54. The van der Waals surface area contributed by atoms with E-state index in [9.17, 15) is 4.79 Å². The predicted octanol–water partition coefficient (Wildman–Crippen LogP) is 2.86. The van der Waals surface area contributed by atoms with E-state index in [2.05, 4.69) is 36.7 Å². The fourth-order valence-electron chi connectivity index (χ4n) is 2.56. The van der Waals surface area contributed by atoms with E-state index in [4.69, 9.17) is 0 Å². The smallest absolute Gasteiger partial charge is 0.239 e. The predicted molar refractivity (Wildman–Crippen MR) is 86.1 cm³/mol. The van der Waals surface area contributed by atoms with Gasteiger partial charge >= 0.3 is 0 Å². The Kier molecular flexibility index (Phi) is 6.30. The van der Waals surface area contributed by atoms with Crippen LogP contribution in [-0.4, -0.2) is 23.6 Å². The molecule has 0 saturated heterocycles. The first-order valence-electron chi connectivity index (χ1n) is 8.38. The Bertz CT molecular complexity index is 437. The maximum absolute atomic E-state index is 11.9. The number of hydrogen-bond donors (Lipinski definition) is 2. The zero-order valence-corrected chi connectivity index (χ0v) is 13.4. The lowest BCUT2D eigenvalue weighted by molar-refractivity contribution is -0.121. The van der Waals surface area contributed by atoms with Crippen LogP contribution in [0.15, 0.2) is 18.5 Å². The lowest BCUT2D eigenvalue weighted by atomic mass is 10.1. The molecule has 2 N–H and O–H groups in total. The average Bonchev–Trinajstić information content (AvgIpc) is 3.20. The molecule has 4 heteroatoms. The third kappa shape index (κ3) is 5.54. The second-order valence-electron chi connectivity index (χ2n) is 6.16. The second-order valence-corrected chi connectivity index (χ2v) is 6.16. The largest absolute Gasteiger partial charge is 0.354 e. The van der Waals surface area contributed by atoms with E-state index in [0.717, 1.165) is 38.3 Å². The minimum atomic E-state index is 0.123. The number of amides is 1. The molecular formula is C17H29N3O. The Hall–Kier alpha value is -1.29. The van der Waals surface area contributed by atoms with E-state index in [1.54, 1.807) is 0 Å². The molecule has 1 heterocycles. The van der Waals surface area contributed by atoms with Crippen molar-refractivity contribution in [3.8, 4) is 0 Å². The molecule has 0 radical (unpaired) electrons. The Labute approximate surface area is 128 Å². The summed E-state index contributed by atoms with van der Waals surface area (Å²) in [5.41, 5.74) is 1.29. The van der Waals surface area contributed by atoms with Crippen LogP contribution in [0.5, 0.6) is 0 Å². The zero-order valence-electron chi connectivity index (χ0n) is 13.4. The van der Waals surface area contributed by atoms with E-state index in [1.807, 2.05) is 10.8 Å².